The molecule has 1 fully saturated rings. The number of anilines is 2. The Balaban J connectivity index is 1.40. The lowest BCUT2D eigenvalue weighted by molar-refractivity contribution is 0.0342. The largest absolute Gasteiger partial charge is 0.379 e. The number of benzene rings is 2. The first kappa shape index (κ1) is 22.3. The van der Waals surface area contributed by atoms with Crippen molar-refractivity contribution in [2.24, 2.45) is 0 Å². The second kappa shape index (κ2) is 10.1. The maximum absolute atomic E-state index is 12.7. The second-order valence-electron chi connectivity index (χ2n) is 7.25. The Morgan fingerprint density at radius 2 is 1.69 bits per heavy atom. The Bertz CT molecular complexity index is 1090. The van der Waals surface area contributed by atoms with Crippen molar-refractivity contribution < 1.29 is 14.3 Å². The SMILES string of the molecule is O=C(Nc1ccc(CN2CCOCC2)cc1)c1[nH]ncc1NC(=O)c1c(Cl)cccc1Cl. The Hall–Kier alpha value is -2.91. The molecule has 2 heterocycles. The second-order valence-corrected chi connectivity index (χ2v) is 8.06. The fourth-order valence-corrected chi connectivity index (χ4v) is 3.93. The summed E-state index contributed by atoms with van der Waals surface area (Å²) in [5, 5.41) is 12.3. The van der Waals surface area contributed by atoms with Gasteiger partial charge in [0.15, 0.2) is 0 Å². The third-order valence-electron chi connectivity index (χ3n) is 5.03. The Morgan fingerprint density at radius 1 is 1.00 bits per heavy atom. The summed E-state index contributed by atoms with van der Waals surface area (Å²) in [6.07, 6.45) is 1.35. The molecule has 0 aliphatic carbocycles. The highest BCUT2D eigenvalue weighted by Crippen LogP contribution is 2.26. The predicted molar refractivity (Wildman–Crippen MR) is 123 cm³/mol. The number of carbonyl (C=O) groups excluding carboxylic acids is 2. The molecule has 0 bridgehead atoms. The van der Waals surface area contributed by atoms with E-state index in [0.29, 0.717) is 5.69 Å². The topological polar surface area (TPSA) is 99.3 Å². The number of amides is 2. The van der Waals surface area contributed by atoms with Gasteiger partial charge in [-0.25, -0.2) is 0 Å². The number of aromatic nitrogens is 2. The van der Waals surface area contributed by atoms with Crippen LogP contribution in [0.1, 0.15) is 26.4 Å². The van der Waals surface area contributed by atoms with Gasteiger partial charge in [-0.1, -0.05) is 41.4 Å². The molecule has 0 atom stereocenters. The predicted octanol–water partition coefficient (Wildman–Crippen LogP) is 4.05. The van der Waals surface area contributed by atoms with Crippen LogP contribution >= 0.6 is 23.2 Å². The van der Waals surface area contributed by atoms with Crippen LogP contribution in [-0.2, 0) is 11.3 Å². The third-order valence-corrected chi connectivity index (χ3v) is 5.66. The number of aromatic amines is 1. The number of halogens is 2. The van der Waals surface area contributed by atoms with E-state index in [9.17, 15) is 9.59 Å². The van der Waals surface area contributed by atoms with Crippen LogP contribution in [0.5, 0.6) is 0 Å². The first-order valence-corrected chi connectivity index (χ1v) is 10.8. The van der Waals surface area contributed by atoms with Crippen LogP contribution in [0.25, 0.3) is 0 Å². The molecular weight excluding hydrogens is 453 g/mol. The van der Waals surface area contributed by atoms with E-state index in [2.05, 4.69) is 25.7 Å². The normalized spacial score (nSPS) is 14.2. The molecule has 0 unspecified atom stereocenters. The quantitative estimate of drug-likeness (QED) is 0.501. The summed E-state index contributed by atoms with van der Waals surface area (Å²) in [5.41, 5.74) is 2.23. The van der Waals surface area contributed by atoms with Crippen LogP contribution in [0.15, 0.2) is 48.7 Å². The third kappa shape index (κ3) is 5.28. The van der Waals surface area contributed by atoms with Crippen LogP contribution < -0.4 is 10.6 Å². The average molecular weight is 474 g/mol. The Morgan fingerprint density at radius 3 is 2.38 bits per heavy atom. The van der Waals surface area contributed by atoms with Gasteiger partial charge >= 0.3 is 0 Å². The van der Waals surface area contributed by atoms with Crippen LogP contribution in [-0.4, -0.2) is 53.2 Å². The zero-order valence-electron chi connectivity index (χ0n) is 17.0. The minimum Gasteiger partial charge on any atom is -0.379 e. The van der Waals surface area contributed by atoms with Gasteiger partial charge in [-0.3, -0.25) is 19.6 Å². The zero-order valence-corrected chi connectivity index (χ0v) is 18.5. The number of carbonyl (C=O) groups is 2. The molecule has 1 aliphatic heterocycles. The van der Waals surface area contributed by atoms with E-state index in [4.69, 9.17) is 27.9 Å². The van der Waals surface area contributed by atoms with Gasteiger partial charge in [-0.15, -0.1) is 0 Å². The molecule has 3 N–H and O–H groups in total. The molecule has 0 saturated carbocycles. The van der Waals surface area contributed by atoms with E-state index in [0.717, 1.165) is 38.4 Å². The monoisotopic (exact) mass is 473 g/mol. The molecule has 0 spiro atoms. The lowest BCUT2D eigenvalue weighted by Gasteiger charge is -2.26. The number of H-pyrrole nitrogens is 1. The summed E-state index contributed by atoms with van der Waals surface area (Å²) in [6.45, 7) is 4.15. The van der Waals surface area contributed by atoms with Gasteiger partial charge in [0, 0.05) is 25.3 Å². The summed E-state index contributed by atoms with van der Waals surface area (Å²) in [7, 11) is 0. The van der Waals surface area contributed by atoms with Crippen LogP contribution in [0.3, 0.4) is 0 Å². The molecule has 166 valence electrons. The average Bonchev–Trinajstić information content (AvgIpc) is 3.24. The summed E-state index contributed by atoms with van der Waals surface area (Å²) < 4.78 is 5.37. The molecule has 10 heteroatoms. The molecule has 3 aromatic rings. The van der Waals surface area contributed by atoms with Gasteiger partial charge in [0.2, 0.25) is 0 Å². The minimum absolute atomic E-state index is 0.110. The fourth-order valence-electron chi connectivity index (χ4n) is 3.36. The molecule has 8 nitrogen and oxygen atoms in total. The van der Waals surface area contributed by atoms with E-state index in [1.807, 2.05) is 24.3 Å². The molecular formula is C22H21Cl2N5O3. The molecule has 1 saturated heterocycles. The molecule has 1 aromatic heterocycles. The molecule has 4 rings (SSSR count). The Labute approximate surface area is 194 Å². The van der Waals surface area contributed by atoms with Crippen LogP contribution in [0.2, 0.25) is 10.0 Å². The summed E-state index contributed by atoms with van der Waals surface area (Å²) in [5.74, 6) is -0.979. The lowest BCUT2D eigenvalue weighted by atomic mass is 10.2. The Kier molecular flexibility index (Phi) is 7.06. The van der Waals surface area contributed by atoms with Gasteiger partial charge in [-0.05, 0) is 29.8 Å². The molecule has 0 radical (unpaired) electrons. The molecule has 1 aliphatic rings. The van der Waals surface area contributed by atoms with Gasteiger partial charge < -0.3 is 15.4 Å². The van der Waals surface area contributed by atoms with Gasteiger partial charge in [0.25, 0.3) is 11.8 Å². The number of hydrogen-bond acceptors (Lipinski definition) is 5. The van der Waals surface area contributed by atoms with Gasteiger partial charge in [-0.2, -0.15) is 5.10 Å². The number of ether oxygens (including phenoxy) is 1. The fraction of sp³-hybridized carbons (Fsp3) is 0.227. The molecule has 2 amide bonds. The number of morpholine rings is 1. The van der Waals surface area contributed by atoms with Crippen molar-refractivity contribution in [3.8, 4) is 0 Å². The van der Waals surface area contributed by atoms with Crippen molar-refractivity contribution in [2.45, 2.75) is 6.54 Å². The highest BCUT2D eigenvalue weighted by molar-refractivity contribution is 6.40. The number of nitrogens with one attached hydrogen (secondary N) is 3. The first-order chi connectivity index (χ1) is 15.5. The molecule has 2 aromatic carbocycles. The number of rotatable bonds is 6. The van der Waals surface area contributed by atoms with Crippen molar-refractivity contribution in [3.05, 3.63) is 75.5 Å². The van der Waals surface area contributed by atoms with Gasteiger partial charge in [0.05, 0.1) is 40.7 Å². The summed E-state index contributed by atoms with van der Waals surface area (Å²) in [4.78, 5) is 27.7. The van der Waals surface area contributed by atoms with Crippen molar-refractivity contribution in [3.63, 3.8) is 0 Å². The smallest absolute Gasteiger partial charge is 0.275 e. The van der Waals surface area contributed by atoms with Crippen LogP contribution in [0, 0.1) is 0 Å². The maximum Gasteiger partial charge on any atom is 0.275 e. The zero-order chi connectivity index (χ0) is 22.5. The van der Waals surface area contributed by atoms with Crippen molar-refractivity contribution in [1.82, 2.24) is 15.1 Å². The lowest BCUT2D eigenvalue weighted by Crippen LogP contribution is -2.35. The van der Waals surface area contributed by atoms with E-state index in [1.54, 1.807) is 18.2 Å². The summed E-state index contributed by atoms with van der Waals surface area (Å²) >= 11 is 12.2. The number of hydrogen-bond donors (Lipinski definition) is 3. The number of nitrogens with zero attached hydrogens (tertiary/aromatic N) is 2. The standard InChI is InChI=1S/C22H21Cl2N5O3/c23-16-2-1-3-17(24)19(16)21(30)27-18-12-25-28-20(18)22(31)26-15-6-4-14(5-7-15)13-29-8-10-32-11-9-29/h1-7,12H,8-11,13H2,(H,25,28)(H,26,31)(H,27,30). The van der Waals surface area contributed by atoms with Crippen molar-refractivity contribution >= 4 is 46.4 Å². The highest BCUT2D eigenvalue weighted by atomic mass is 35.5. The summed E-state index contributed by atoms with van der Waals surface area (Å²) in [6, 6.07) is 12.4. The molecule has 32 heavy (non-hydrogen) atoms. The van der Waals surface area contributed by atoms with Gasteiger partial charge in [0.1, 0.15) is 5.69 Å². The van der Waals surface area contributed by atoms with E-state index < -0.39 is 11.8 Å². The minimum atomic E-state index is -0.538. The van der Waals surface area contributed by atoms with Crippen molar-refractivity contribution in [1.29, 1.82) is 0 Å². The maximum atomic E-state index is 12.7. The van der Waals surface area contributed by atoms with Crippen molar-refractivity contribution in [2.75, 3.05) is 36.9 Å². The van der Waals surface area contributed by atoms with E-state index in [1.165, 1.54) is 6.20 Å². The highest BCUT2D eigenvalue weighted by Gasteiger charge is 2.20. The van der Waals surface area contributed by atoms with E-state index >= 15 is 0 Å². The van der Waals surface area contributed by atoms with Crippen LogP contribution in [0.4, 0.5) is 11.4 Å². The van der Waals surface area contributed by atoms with E-state index in [-0.39, 0.29) is 27.0 Å². The first-order valence-electron chi connectivity index (χ1n) is 10.0.